The Morgan fingerprint density at radius 2 is 2.11 bits per heavy atom. The molecule has 98 valence electrons. The number of nitrogens with zero attached hydrogens (tertiary/aromatic N) is 1. The Bertz CT molecular complexity index is 556. The number of sulfone groups is 1. The molecule has 0 amide bonds. The Labute approximate surface area is 105 Å². The van der Waals surface area contributed by atoms with Crippen LogP contribution in [0.5, 0.6) is 0 Å². The van der Waals surface area contributed by atoms with Crippen molar-refractivity contribution >= 4 is 21.2 Å². The van der Waals surface area contributed by atoms with E-state index in [-0.39, 0.29) is 23.1 Å². The monoisotopic (exact) mass is 270 g/mol. The summed E-state index contributed by atoms with van der Waals surface area (Å²) in [6.07, 6.45) is 0.621. The number of rotatable bonds is 4. The summed E-state index contributed by atoms with van der Waals surface area (Å²) in [7, 11) is -2.90. The highest BCUT2D eigenvalue weighted by molar-refractivity contribution is 7.91. The lowest BCUT2D eigenvalue weighted by Crippen LogP contribution is -2.16. The zero-order valence-corrected chi connectivity index (χ0v) is 10.5. The summed E-state index contributed by atoms with van der Waals surface area (Å²) in [5.41, 5.74) is 0.449. The summed E-state index contributed by atoms with van der Waals surface area (Å²) < 4.78 is 22.6. The van der Waals surface area contributed by atoms with Crippen LogP contribution in [0, 0.1) is 16.0 Å². The molecule has 1 atom stereocenters. The van der Waals surface area contributed by atoms with E-state index in [2.05, 4.69) is 5.32 Å². The van der Waals surface area contributed by atoms with E-state index < -0.39 is 14.8 Å². The fraction of sp³-hybridized carbons (Fsp3) is 0.455. The Kier molecular flexibility index (Phi) is 3.51. The molecule has 0 bridgehead atoms. The van der Waals surface area contributed by atoms with Crippen molar-refractivity contribution in [2.45, 2.75) is 6.42 Å². The van der Waals surface area contributed by atoms with Gasteiger partial charge in [0.1, 0.15) is 5.69 Å². The van der Waals surface area contributed by atoms with Crippen LogP contribution in [0.3, 0.4) is 0 Å². The van der Waals surface area contributed by atoms with Gasteiger partial charge in [-0.25, -0.2) is 8.42 Å². The third-order valence-corrected chi connectivity index (χ3v) is 4.85. The molecule has 6 nitrogen and oxygen atoms in total. The topological polar surface area (TPSA) is 89.3 Å². The van der Waals surface area contributed by atoms with Gasteiger partial charge in [0.15, 0.2) is 9.84 Å². The molecule has 1 saturated heterocycles. The minimum absolute atomic E-state index is 0.0124. The summed E-state index contributed by atoms with van der Waals surface area (Å²) in [6.45, 7) is 0.448. The number of anilines is 1. The lowest BCUT2D eigenvalue weighted by molar-refractivity contribution is -0.384. The molecular formula is C11H14N2O4S. The first-order valence-corrected chi connectivity index (χ1v) is 7.48. The predicted molar refractivity (Wildman–Crippen MR) is 68.3 cm³/mol. The van der Waals surface area contributed by atoms with Gasteiger partial charge in [0.25, 0.3) is 5.69 Å². The first kappa shape index (κ1) is 12.8. The summed E-state index contributed by atoms with van der Waals surface area (Å²) in [4.78, 5) is 10.3. The largest absolute Gasteiger partial charge is 0.379 e. The van der Waals surface area contributed by atoms with Gasteiger partial charge >= 0.3 is 0 Å². The van der Waals surface area contributed by atoms with Crippen LogP contribution in [-0.2, 0) is 9.84 Å². The van der Waals surface area contributed by atoms with Gasteiger partial charge in [-0.1, -0.05) is 12.1 Å². The maximum absolute atomic E-state index is 11.3. The molecule has 1 aromatic rings. The van der Waals surface area contributed by atoms with Crippen LogP contribution in [0.25, 0.3) is 0 Å². The summed E-state index contributed by atoms with van der Waals surface area (Å²) in [6, 6.07) is 6.36. The number of benzene rings is 1. The molecule has 18 heavy (non-hydrogen) atoms. The average molecular weight is 270 g/mol. The third-order valence-electron chi connectivity index (χ3n) is 3.01. The maximum atomic E-state index is 11.3. The molecule has 0 radical (unpaired) electrons. The standard InChI is InChI=1S/C11H14N2O4S/c14-13(15)11-4-2-1-3-10(11)12-7-9-5-6-18(16,17)8-9/h1-4,9,12H,5-8H2. The third kappa shape index (κ3) is 2.98. The molecule has 0 saturated carbocycles. The van der Waals surface area contributed by atoms with Gasteiger partial charge in [-0.05, 0) is 18.4 Å². The van der Waals surface area contributed by atoms with Crippen molar-refractivity contribution < 1.29 is 13.3 Å². The van der Waals surface area contributed by atoms with Crippen molar-refractivity contribution in [2.75, 3.05) is 23.4 Å². The zero-order chi connectivity index (χ0) is 13.2. The quantitative estimate of drug-likeness (QED) is 0.660. The van der Waals surface area contributed by atoms with Crippen molar-refractivity contribution in [3.05, 3.63) is 34.4 Å². The first-order chi connectivity index (χ1) is 8.48. The normalized spacial score (nSPS) is 21.7. The predicted octanol–water partition coefficient (Wildman–Crippen LogP) is 1.44. The second-order valence-electron chi connectivity index (χ2n) is 4.42. The molecule has 0 spiro atoms. The molecule has 1 heterocycles. The van der Waals surface area contributed by atoms with Gasteiger partial charge in [0.2, 0.25) is 0 Å². The highest BCUT2D eigenvalue weighted by Gasteiger charge is 2.27. The zero-order valence-electron chi connectivity index (χ0n) is 9.70. The van der Waals surface area contributed by atoms with Crippen LogP contribution in [0.15, 0.2) is 24.3 Å². The van der Waals surface area contributed by atoms with Gasteiger partial charge in [-0.2, -0.15) is 0 Å². The number of para-hydroxylation sites is 2. The number of hydrogen-bond donors (Lipinski definition) is 1. The summed E-state index contributed by atoms with van der Waals surface area (Å²) in [5.74, 6) is 0.423. The molecule has 1 fully saturated rings. The molecule has 0 aliphatic carbocycles. The Balaban J connectivity index is 2.01. The number of nitro benzene ring substituents is 1. The molecule has 0 aromatic heterocycles. The number of hydrogen-bond acceptors (Lipinski definition) is 5. The molecular weight excluding hydrogens is 256 g/mol. The Hall–Kier alpha value is -1.63. The second-order valence-corrected chi connectivity index (χ2v) is 6.65. The summed E-state index contributed by atoms with van der Waals surface area (Å²) >= 11 is 0. The van der Waals surface area contributed by atoms with E-state index in [0.29, 0.717) is 18.7 Å². The van der Waals surface area contributed by atoms with Gasteiger partial charge in [-0.3, -0.25) is 10.1 Å². The van der Waals surface area contributed by atoms with Crippen LogP contribution in [0.2, 0.25) is 0 Å². The van der Waals surface area contributed by atoms with Crippen molar-refractivity contribution in [3.63, 3.8) is 0 Å². The molecule has 1 aliphatic rings. The molecule has 1 unspecified atom stereocenters. The van der Waals surface area contributed by atoms with E-state index >= 15 is 0 Å². The van der Waals surface area contributed by atoms with E-state index in [1.807, 2.05) is 0 Å². The van der Waals surface area contributed by atoms with Gasteiger partial charge in [0, 0.05) is 12.6 Å². The lowest BCUT2D eigenvalue weighted by Gasteiger charge is -2.10. The van der Waals surface area contributed by atoms with Crippen molar-refractivity contribution in [1.29, 1.82) is 0 Å². The van der Waals surface area contributed by atoms with E-state index in [4.69, 9.17) is 0 Å². The van der Waals surface area contributed by atoms with Crippen LogP contribution in [-0.4, -0.2) is 31.4 Å². The number of nitro groups is 1. The van der Waals surface area contributed by atoms with Crippen molar-refractivity contribution in [3.8, 4) is 0 Å². The minimum atomic E-state index is -2.90. The van der Waals surface area contributed by atoms with E-state index in [9.17, 15) is 18.5 Å². The van der Waals surface area contributed by atoms with Crippen LogP contribution in [0.4, 0.5) is 11.4 Å². The van der Waals surface area contributed by atoms with Gasteiger partial charge in [-0.15, -0.1) is 0 Å². The molecule has 1 aliphatic heterocycles. The smallest absolute Gasteiger partial charge is 0.292 e. The van der Waals surface area contributed by atoms with E-state index in [1.165, 1.54) is 6.07 Å². The molecule has 7 heteroatoms. The van der Waals surface area contributed by atoms with Crippen LogP contribution in [0.1, 0.15) is 6.42 Å². The van der Waals surface area contributed by atoms with Gasteiger partial charge in [0.05, 0.1) is 16.4 Å². The van der Waals surface area contributed by atoms with Crippen LogP contribution >= 0.6 is 0 Å². The Morgan fingerprint density at radius 3 is 2.72 bits per heavy atom. The highest BCUT2D eigenvalue weighted by Crippen LogP contribution is 2.25. The lowest BCUT2D eigenvalue weighted by atomic mass is 10.1. The van der Waals surface area contributed by atoms with E-state index in [0.717, 1.165) is 0 Å². The maximum Gasteiger partial charge on any atom is 0.292 e. The Morgan fingerprint density at radius 1 is 1.39 bits per heavy atom. The first-order valence-electron chi connectivity index (χ1n) is 5.66. The fourth-order valence-electron chi connectivity index (χ4n) is 2.07. The average Bonchev–Trinajstić information content (AvgIpc) is 2.66. The van der Waals surface area contributed by atoms with Crippen molar-refractivity contribution in [1.82, 2.24) is 0 Å². The van der Waals surface area contributed by atoms with Gasteiger partial charge < -0.3 is 5.32 Å². The minimum Gasteiger partial charge on any atom is -0.379 e. The van der Waals surface area contributed by atoms with E-state index in [1.54, 1.807) is 18.2 Å². The van der Waals surface area contributed by atoms with Crippen LogP contribution < -0.4 is 5.32 Å². The van der Waals surface area contributed by atoms with Crippen molar-refractivity contribution in [2.24, 2.45) is 5.92 Å². The molecule has 1 N–H and O–H groups in total. The highest BCUT2D eigenvalue weighted by atomic mass is 32.2. The summed E-state index contributed by atoms with van der Waals surface area (Å²) in [5, 5.41) is 13.8. The second kappa shape index (κ2) is 4.93. The molecule has 2 rings (SSSR count). The number of nitrogens with one attached hydrogen (secondary N) is 1. The molecule has 1 aromatic carbocycles. The fourth-order valence-corrected chi connectivity index (χ4v) is 3.93. The SMILES string of the molecule is O=[N+]([O-])c1ccccc1NCC1CCS(=O)(=O)C1.